The summed E-state index contributed by atoms with van der Waals surface area (Å²) < 4.78 is 10.5. The van der Waals surface area contributed by atoms with E-state index >= 15 is 0 Å². The highest BCUT2D eigenvalue weighted by Crippen LogP contribution is 2.32. The minimum atomic E-state index is -0.0862. The normalized spacial score (nSPS) is 10.5. The predicted molar refractivity (Wildman–Crippen MR) is 132 cm³/mol. The molecule has 1 amide bonds. The first-order chi connectivity index (χ1) is 16.7. The number of hydrogen-bond acceptors (Lipinski definition) is 8. The van der Waals surface area contributed by atoms with Crippen LogP contribution in [0.2, 0.25) is 0 Å². The Morgan fingerprint density at radius 3 is 2.00 bits per heavy atom. The molecule has 0 bridgehead atoms. The number of nitrogens with zero attached hydrogens (tertiary/aromatic N) is 4. The average Bonchev–Trinajstić information content (AvgIpc) is 2.89. The van der Waals surface area contributed by atoms with Crippen LogP contribution in [0.4, 0.5) is 5.69 Å². The lowest BCUT2D eigenvalue weighted by atomic mass is 10.0. The molecule has 0 spiro atoms. The summed E-state index contributed by atoms with van der Waals surface area (Å²) in [4.78, 5) is 20.9. The molecule has 1 N–H and O–H groups in total. The number of carbonyl (C=O) groups is 1. The summed E-state index contributed by atoms with van der Waals surface area (Å²) in [6, 6.07) is 18.7. The molecule has 0 atom stereocenters. The first kappa shape index (κ1) is 23.2. The van der Waals surface area contributed by atoms with Crippen LogP contribution in [0.3, 0.4) is 0 Å². The molecule has 2 aromatic carbocycles. The van der Waals surface area contributed by atoms with E-state index in [1.54, 1.807) is 38.7 Å². The summed E-state index contributed by atoms with van der Waals surface area (Å²) in [5.41, 5.74) is 3.84. The number of amides is 1. The van der Waals surface area contributed by atoms with E-state index in [2.05, 4.69) is 20.5 Å². The fraction of sp³-hybridized carbons (Fsp3) is 0.160. The predicted octanol–water partition coefficient (Wildman–Crippen LogP) is 4.74. The van der Waals surface area contributed by atoms with Crippen molar-refractivity contribution < 1.29 is 14.3 Å². The van der Waals surface area contributed by atoms with E-state index in [0.29, 0.717) is 34.4 Å². The summed E-state index contributed by atoms with van der Waals surface area (Å²) in [5, 5.41) is 12.1. The van der Waals surface area contributed by atoms with E-state index in [-0.39, 0.29) is 5.91 Å². The highest BCUT2D eigenvalue weighted by atomic mass is 32.2. The van der Waals surface area contributed by atoms with Crippen molar-refractivity contribution in [2.45, 2.75) is 11.6 Å². The van der Waals surface area contributed by atoms with Gasteiger partial charge in [0.15, 0.2) is 0 Å². The van der Waals surface area contributed by atoms with Crippen molar-refractivity contribution in [3.05, 3.63) is 73.1 Å². The maximum Gasteiger partial charge on any atom is 0.225 e. The monoisotopic (exact) mass is 473 g/mol. The van der Waals surface area contributed by atoms with E-state index < -0.39 is 0 Å². The van der Waals surface area contributed by atoms with E-state index in [0.717, 1.165) is 22.6 Å². The fourth-order valence-electron chi connectivity index (χ4n) is 3.16. The highest BCUT2D eigenvalue weighted by Gasteiger charge is 2.15. The third-order valence-electron chi connectivity index (χ3n) is 4.92. The van der Waals surface area contributed by atoms with Gasteiger partial charge in [-0.1, -0.05) is 11.8 Å². The molecule has 0 radical (unpaired) electrons. The van der Waals surface area contributed by atoms with Crippen molar-refractivity contribution in [1.82, 2.24) is 20.2 Å². The molecule has 4 aromatic rings. The number of methoxy groups -OCH3 is 2. The van der Waals surface area contributed by atoms with Crippen molar-refractivity contribution in [3.8, 4) is 34.0 Å². The molecule has 0 saturated carbocycles. The van der Waals surface area contributed by atoms with Gasteiger partial charge in [0, 0.05) is 41.4 Å². The number of anilines is 1. The highest BCUT2D eigenvalue weighted by molar-refractivity contribution is 7.99. The molecule has 2 aromatic heterocycles. The third kappa shape index (κ3) is 5.87. The van der Waals surface area contributed by atoms with E-state index in [1.807, 2.05) is 48.5 Å². The van der Waals surface area contributed by atoms with Gasteiger partial charge >= 0.3 is 0 Å². The molecule has 4 rings (SSSR count). The number of rotatable bonds is 9. The third-order valence-corrected chi connectivity index (χ3v) is 5.76. The van der Waals surface area contributed by atoms with Gasteiger partial charge in [-0.2, -0.15) is 0 Å². The van der Waals surface area contributed by atoms with Crippen molar-refractivity contribution in [2.24, 2.45) is 0 Å². The molecule has 8 nitrogen and oxygen atoms in total. The fourth-order valence-corrected chi connectivity index (χ4v) is 3.88. The number of ether oxygens (including phenoxy) is 2. The van der Waals surface area contributed by atoms with Gasteiger partial charge in [-0.25, -0.2) is 4.98 Å². The summed E-state index contributed by atoms with van der Waals surface area (Å²) in [6.45, 7) is 0. The molecule has 0 aliphatic rings. The first-order valence-corrected chi connectivity index (χ1v) is 11.5. The van der Waals surface area contributed by atoms with Crippen molar-refractivity contribution in [1.29, 1.82) is 0 Å². The van der Waals surface area contributed by atoms with Gasteiger partial charge in [0.2, 0.25) is 11.1 Å². The van der Waals surface area contributed by atoms with Crippen molar-refractivity contribution >= 4 is 23.4 Å². The molecule has 0 aliphatic carbocycles. The lowest BCUT2D eigenvalue weighted by molar-refractivity contribution is -0.115. The van der Waals surface area contributed by atoms with Gasteiger partial charge in [0.25, 0.3) is 0 Å². The molecular weight excluding hydrogens is 450 g/mol. The second-order valence-electron chi connectivity index (χ2n) is 7.13. The minimum Gasteiger partial charge on any atom is -0.497 e. The van der Waals surface area contributed by atoms with Crippen LogP contribution in [0.1, 0.15) is 6.42 Å². The number of carbonyl (C=O) groups excluding carboxylic acids is 1. The topological polar surface area (TPSA) is 99.1 Å². The Kier molecular flexibility index (Phi) is 7.67. The Hall–Kier alpha value is -3.98. The maximum atomic E-state index is 12.2. The number of pyridine rings is 1. The van der Waals surface area contributed by atoms with Gasteiger partial charge < -0.3 is 14.8 Å². The molecule has 9 heteroatoms. The van der Waals surface area contributed by atoms with Crippen molar-refractivity contribution in [3.63, 3.8) is 0 Å². The van der Waals surface area contributed by atoms with E-state index in [9.17, 15) is 4.79 Å². The lowest BCUT2D eigenvalue weighted by Crippen LogP contribution is -2.12. The van der Waals surface area contributed by atoms with Crippen LogP contribution >= 0.6 is 11.8 Å². The number of aromatic nitrogens is 4. The van der Waals surface area contributed by atoms with Crippen LogP contribution < -0.4 is 14.8 Å². The minimum absolute atomic E-state index is 0.0862. The summed E-state index contributed by atoms with van der Waals surface area (Å²) in [5.74, 6) is 1.94. The lowest BCUT2D eigenvalue weighted by Gasteiger charge is -2.11. The molecule has 34 heavy (non-hydrogen) atoms. The van der Waals surface area contributed by atoms with Crippen molar-refractivity contribution in [2.75, 3.05) is 25.3 Å². The second kappa shape index (κ2) is 11.2. The van der Waals surface area contributed by atoms with Crippen LogP contribution in [-0.2, 0) is 4.79 Å². The van der Waals surface area contributed by atoms with E-state index in [1.165, 1.54) is 11.8 Å². The first-order valence-electron chi connectivity index (χ1n) is 10.5. The summed E-state index contributed by atoms with van der Waals surface area (Å²) in [7, 11) is 3.26. The Morgan fingerprint density at radius 2 is 1.41 bits per heavy atom. The molecule has 0 aliphatic heterocycles. The summed E-state index contributed by atoms with van der Waals surface area (Å²) >= 11 is 1.38. The number of hydrogen-bond donors (Lipinski definition) is 1. The average molecular weight is 474 g/mol. The Labute approximate surface area is 201 Å². The zero-order valence-corrected chi connectivity index (χ0v) is 19.6. The molecule has 0 unspecified atom stereocenters. The van der Waals surface area contributed by atoms with Gasteiger partial charge in [-0.15, -0.1) is 10.2 Å². The number of thioether (sulfide) groups is 1. The molecule has 0 saturated heterocycles. The Balaban J connectivity index is 1.53. The smallest absolute Gasteiger partial charge is 0.225 e. The van der Waals surface area contributed by atoms with E-state index in [4.69, 9.17) is 14.5 Å². The van der Waals surface area contributed by atoms with Gasteiger partial charge in [0.05, 0.1) is 14.2 Å². The number of nitrogens with one attached hydrogen (secondary N) is 1. The zero-order chi connectivity index (χ0) is 23.8. The molecule has 172 valence electrons. The Bertz CT molecular complexity index is 1240. The van der Waals surface area contributed by atoms with Crippen LogP contribution in [0.15, 0.2) is 78.2 Å². The van der Waals surface area contributed by atoms with Crippen LogP contribution in [0, 0.1) is 0 Å². The SMILES string of the molecule is COc1ccc(-c2nnc(SCCC(=O)Nc3ccncc3)nc2-c2ccc(OC)cc2)cc1. The maximum absolute atomic E-state index is 12.2. The van der Waals surface area contributed by atoms with Gasteiger partial charge in [0.1, 0.15) is 22.9 Å². The molecule has 2 heterocycles. The van der Waals surface area contributed by atoms with Crippen LogP contribution in [0.25, 0.3) is 22.5 Å². The quantitative estimate of drug-likeness (QED) is 0.348. The Morgan fingerprint density at radius 1 is 0.824 bits per heavy atom. The number of benzene rings is 2. The van der Waals surface area contributed by atoms with Crippen LogP contribution in [-0.4, -0.2) is 46.0 Å². The second-order valence-corrected chi connectivity index (χ2v) is 8.19. The standard InChI is InChI=1S/C25H23N5O3S/c1-32-20-7-3-17(4-8-20)23-24(18-5-9-21(33-2)10-6-18)29-30-25(28-23)34-16-13-22(31)27-19-11-14-26-15-12-19/h3-12,14-15H,13,16H2,1-2H3,(H,26,27,31). The molecule has 0 fully saturated rings. The molecular formula is C25H23N5O3S. The van der Waals surface area contributed by atoms with Gasteiger partial charge in [-0.3, -0.25) is 9.78 Å². The zero-order valence-electron chi connectivity index (χ0n) is 18.8. The largest absolute Gasteiger partial charge is 0.497 e. The van der Waals surface area contributed by atoms with Crippen LogP contribution in [0.5, 0.6) is 11.5 Å². The summed E-state index contributed by atoms with van der Waals surface area (Å²) in [6.07, 6.45) is 3.58. The van der Waals surface area contributed by atoms with Gasteiger partial charge in [-0.05, 0) is 60.7 Å².